The van der Waals surface area contributed by atoms with Crippen LogP contribution in [0.2, 0.25) is 0 Å². The third-order valence-corrected chi connectivity index (χ3v) is 2.65. The summed E-state index contributed by atoms with van der Waals surface area (Å²) in [5, 5.41) is 0. The van der Waals surface area contributed by atoms with Crippen molar-refractivity contribution < 1.29 is 0 Å². The number of pyridine rings is 1. The number of fused-ring (bicyclic) bond motifs is 1. The minimum atomic E-state index is 0.584. The van der Waals surface area contributed by atoms with Crippen molar-refractivity contribution in [2.45, 2.75) is 33.1 Å². The van der Waals surface area contributed by atoms with Gasteiger partial charge in [-0.3, -0.25) is 0 Å². The molecule has 0 aliphatic rings. The molecule has 2 nitrogen and oxygen atoms in total. The molecule has 0 aliphatic heterocycles. The second-order valence-corrected chi connectivity index (χ2v) is 3.98. The second-order valence-electron chi connectivity index (χ2n) is 3.98. The van der Waals surface area contributed by atoms with Crippen LogP contribution in [0.5, 0.6) is 0 Å². The molecule has 0 saturated heterocycles. The molecule has 2 aromatic rings. The molecule has 2 rings (SSSR count). The standard InChI is InChI=1S/C12H16N2/c1-4-11-5-10(9(2)3)6-12-7-13-8-14(11)12/h5-9H,4H2,1-3H3. The normalized spacial score (nSPS) is 11.4. The maximum absolute atomic E-state index is 4.17. The van der Waals surface area contributed by atoms with E-state index in [-0.39, 0.29) is 0 Å². The first-order chi connectivity index (χ1) is 6.72. The summed E-state index contributed by atoms with van der Waals surface area (Å²) >= 11 is 0. The van der Waals surface area contributed by atoms with E-state index in [2.05, 4.69) is 42.3 Å². The summed E-state index contributed by atoms with van der Waals surface area (Å²) in [6.07, 6.45) is 4.86. The molecule has 14 heavy (non-hydrogen) atoms. The SMILES string of the molecule is CCc1cc(C(C)C)cc2cncn12. The van der Waals surface area contributed by atoms with Crippen LogP contribution in [0.3, 0.4) is 0 Å². The maximum atomic E-state index is 4.17. The summed E-state index contributed by atoms with van der Waals surface area (Å²) in [5.74, 6) is 0.584. The van der Waals surface area contributed by atoms with Crippen LogP contribution in [0.15, 0.2) is 24.7 Å². The molecular formula is C12H16N2. The first-order valence-corrected chi connectivity index (χ1v) is 5.17. The zero-order valence-corrected chi connectivity index (χ0v) is 8.99. The highest BCUT2D eigenvalue weighted by molar-refractivity contribution is 5.49. The van der Waals surface area contributed by atoms with Crippen molar-refractivity contribution in [2.24, 2.45) is 0 Å². The average molecular weight is 188 g/mol. The van der Waals surface area contributed by atoms with Crippen LogP contribution < -0.4 is 0 Å². The van der Waals surface area contributed by atoms with Gasteiger partial charge in [-0.1, -0.05) is 20.8 Å². The van der Waals surface area contributed by atoms with E-state index in [1.807, 2.05) is 12.5 Å². The molecule has 0 saturated carbocycles. The van der Waals surface area contributed by atoms with E-state index < -0.39 is 0 Å². The van der Waals surface area contributed by atoms with Gasteiger partial charge in [0.1, 0.15) is 0 Å². The zero-order valence-electron chi connectivity index (χ0n) is 8.99. The number of hydrogen-bond donors (Lipinski definition) is 0. The van der Waals surface area contributed by atoms with Gasteiger partial charge >= 0.3 is 0 Å². The van der Waals surface area contributed by atoms with Crippen LogP contribution in [0, 0.1) is 0 Å². The van der Waals surface area contributed by atoms with E-state index in [0.29, 0.717) is 5.92 Å². The highest BCUT2D eigenvalue weighted by atomic mass is 15.0. The van der Waals surface area contributed by atoms with Crippen LogP contribution in [0.4, 0.5) is 0 Å². The van der Waals surface area contributed by atoms with Crippen LogP contribution in [-0.4, -0.2) is 9.38 Å². The van der Waals surface area contributed by atoms with Gasteiger partial charge in [0.05, 0.1) is 18.0 Å². The molecule has 74 valence electrons. The van der Waals surface area contributed by atoms with E-state index in [1.165, 1.54) is 16.8 Å². The molecule has 2 heterocycles. The number of imidazole rings is 1. The largest absolute Gasteiger partial charge is 0.303 e. The quantitative estimate of drug-likeness (QED) is 0.708. The Bertz CT molecular complexity index is 441. The second kappa shape index (κ2) is 3.45. The lowest BCUT2D eigenvalue weighted by Gasteiger charge is -2.09. The molecule has 0 aliphatic carbocycles. The Morgan fingerprint density at radius 1 is 1.36 bits per heavy atom. The molecule has 0 unspecified atom stereocenters. The van der Waals surface area contributed by atoms with Gasteiger partial charge < -0.3 is 4.40 Å². The fraction of sp³-hybridized carbons (Fsp3) is 0.417. The molecular weight excluding hydrogens is 172 g/mol. The van der Waals surface area contributed by atoms with Crippen molar-refractivity contribution in [1.29, 1.82) is 0 Å². The zero-order chi connectivity index (χ0) is 10.1. The predicted octanol–water partition coefficient (Wildman–Crippen LogP) is 3.02. The van der Waals surface area contributed by atoms with Crippen molar-refractivity contribution in [3.63, 3.8) is 0 Å². The predicted molar refractivity (Wildman–Crippen MR) is 58.7 cm³/mol. The number of hydrogen-bond acceptors (Lipinski definition) is 1. The van der Waals surface area contributed by atoms with Gasteiger partial charge in [-0.15, -0.1) is 0 Å². The van der Waals surface area contributed by atoms with Crippen molar-refractivity contribution in [1.82, 2.24) is 9.38 Å². The minimum Gasteiger partial charge on any atom is -0.303 e. The molecule has 0 radical (unpaired) electrons. The smallest absolute Gasteiger partial charge is 0.0994 e. The van der Waals surface area contributed by atoms with Gasteiger partial charge in [-0.2, -0.15) is 0 Å². The summed E-state index contributed by atoms with van der Waals surface area (Å²) in [6.45, 7) is 6.63. The Kier molecular flexibility index (Phi) is 2.28. The summed E-state index contributed by atoms with van der Waals surface area (Å²) in [7, 11) is 0. The van der Waals surface area contributed by atoms with Gasteiger partial charge in [0.25, 0.3) is 0 Å². The van der Waals surface area contributed by atoms with Crippen LogP contribution >= 0.6 is 0 Å². The molecule has 0 N–H and O–H groups in total. The number of rotatable bonds is 2. The van der Waals surface area contributed by atoms with Crippen LogP contribution in [0.1, 0.15) is 37.9 Å². The van der Waals surface area contributed by atoms with Crippen molar-refractivity contribution in [3.8, 4) is 0 Å². The van der Waals surface area contributed by atoms with Crippen molar-refractivity contribution in [2.75, 3.05) is 0 Å². The van der Waals surface area contributed by atoms with Gasteiger partial charge in [0.15, 0.2) is 0 Å². The number of nitrogens with zero attached hydrogens (tertiary/aromatic N) is 2. The van der Waals surface area contributed by atoms with Gasteiger partial charge in [0.2, 0.25) is 0 Å². The molecule has 2 aromatic heterocycles. The summed E-state index contributed by atoms with van der Waals surface area (Å²) < 4.78 is 2.16. The molecule has 0 atom stereocenters. The van der Waals surface area contributed by atoms with E-state index in [0.717, 1.165) is 6.42 Å². The summed E-state index contributed by atoms with van der Waals surface area (Å²) in [5.41, 5.74) is 3.94. The molecule has 0 fully saturated rings. The van der Waals surface area contributed by atoms with Crippen LogP contribution in [-0.2, 0) is 6.42 Å². The highest BCUT2D eigenvalue weighted by Crippen LogP contribution is 2.19. The first-order valence-electron chi connectivity index (χ1n) is 5.17. The molecule has 2 heteroatoms. The molecule has 0 bridgehead atoms. The van der Waals surface area contributed by atoms with E-state index in [1.54, 1.807) is 0 Å². The van der Waals surface area contributed by atoms with Gasteiger partial charge in [0, 0.05) is 5.69 Å². The topological polar surface area (TPSA) is 17.3 Å². The molecule has 0 amide bonds. The Labute approximate surface area is 84.6 Å². The van der Waals surface area contributed by atoms with E-state index in [4.69, 9.17) is 0 Å². The Morgan fingerprint density at radius 2 is 2.14 bits per heavy atom. The first kappa shape index (κ1) is 9.25. The maximum Gasteiger partial charge on any atom is 0.0994 e. The molecule has 0 spiro atoms. The van der Waals surface area contributed by atoms with E-state index >= 15 is 0 Å². The van der Waals surface area contributed by atoms with Crippen molar-refractivity contribution >= 4 is 5.52 Å². The number of aryl methyl sites for hydroxylation is 1. The summed E-state index contributed by atoms with van der Waals surface area (Å²) in [6, 6.07) is 4.50. The highest BCUT2D eigenvalue weighted by Gasteiger charge is 2.05. The van der Waals surface area contributed by atoms with Crippen LogP contribution in [0.25, 0.3) is 5.52 Å². The lowest BCUT2D eigenvalue weighted by atomic mass is 10.0. The van der Waals surface area contributed by atoms with E-state index in [9.17, 15) is 0 Å². The third kappa shape index (κ3) is 1.41. The summed E-state index contributed by atoms with van der Waals surface area (Å²) in [4.78, 5) is 4.17. The Hall–Kier alpha value is -1.31. The lowest BCUT2D eigenvalue weighted by molar-refractivity contribution is 0.850. The minimum absolute atomic E-state index is 0.584. The Morgan fingerprint density at radius 3 is 2.79 bits per heavy atom. The average Bonchev–Trinajstić information content (AvgIpc) is 2.63. The lowest BCUT2D eigenvalue weighted by Crippen LogP contribution is -1.97. The fourth-order valence-electron chi connectivity index (χ4n) is 1.73. The van der Waals surface area contributed by atoms with Gasteiger partial charge in [-0.05, 0) is 30.0 Å². The number of aromatic nitrogens is 2. The fourth-order valence-corrected chi connectivity index (χ4v) is 1.73. The van der Waals surface area contributed by atoms with Crippen molar-refractivity contribution in [3.05, 3.63) is 35.9 Å². The third-order valence-electron chi connectivity index (χ3n) is 2.65. The van der Waals surface area contributed by atoms with Gasteiger partial charge in [-0.25, -0.2) is 4.98 Å². The molecule has 0 aromatic carbocycles. The Balaban J connectivity index is 2.67. The monoisotopic (exact) mass is 188 g/mol.